The molecule has 5 heteroatoms. The first-order valence-electron chi connectivity index (χ1n) is 5.86. The molecule has 0 rings (SSSR count). The first-order chi connectivity index (χ1) is 7.37. The summed E-state index contributed by atoms with van der Waals surface area (Å²) in [6.45, 7) is 6.50. The molecule has 0 saturated heterocycles. The van der Waals surface area contributed by atoms with E-state index >= 15 is 0 Å². The van der Waals surface area contributed by atoms with Gasteiger partial charge < -0.3 is 4.74 Å². The molecule has 0 bridgehead atoms. The third-order valence-corrected chi connectivity index (χ3v) is 3.82. The maximum Gasteiger partial charge on any atom is 0.214 e. The van der Waals surface area contributed by atoms with Crippen molar-refractivity contribution in [2.75, 3.05) is 19.5 Å². The van der Waals surface area contributed by atoms with Gasteiger partial charge in [0, 0.05) is 13.2 Å². The Hall–Kier alpha value is -0.130. The Morgan fingerprint density at radius 1 is 1.19 bits per heavy atom. The topological polar surface area (TPSA) is 55.4 Å². The van der Waals surface area contributed by atoms with Crippen LogP contribution < -0.4 is 4.72 Å². The molecule has 0 spiro atoms. The quantitative estimate of drug-likeness (QED) is 0.679. The van der Waals surface area contributed by atoms with Crippen molar-refractivity contribution in [3.05, 3.63) is 0 Å². The number of ether oxygens (including phenoxy) is 1. The van der Waals surface area contributed by atoms with Crippen molar-refractivity contribution in [1.82, 2.24) is 4.72 Å². The highest BCUT2D eigenvalue weighted by Crippen LogP contribution is 2.08. The Morgan fingerprint density at radius 3 is 2.31 bits per heavy atom. The molecule has 1 atom stereocenters. The molecule has 0 fully saturated rings. The number of hydrogen-bond acceptors (Lipinski definition) is 3. The van der Waals surface area contributed by atoms with E-state index in [2.05, 4.69) is 18.6 Å². The number of methoxy groups -OCH3 is 1. The molecular weight excluding hydrogens is 226 g/mol. The summed E-state index contributed by atoms with van der Waals surface area (Å²) in [6, 6.07) is 0.0145. The molecule has 0 aliphatic carbocycles. The van der Waals surface area contributed by atoms with Crippen molar-refractivity contribution in [1.29, 1.82) is 0 Å². The van der Waals surface area contributed by atoms with Gasteiger partial charge in [0.2, 0.25) is 10.0 Å². The van der Waals surface area contributed by atoms with E-state index in [0.29, 0.717) is 5.92 Å². The standard InChI is InChI=1S/C11H25NO3S/c1-10(2)6-5-7-11(3)12-16(13,14)9-8-15-4/h10-12H,5-9H2,1-4H3. The Balaban J connectivity index is 3.81. The lowest BCUT2D eigenvalue weighted by molar-refractivity contribution is 0.216. The predicted octanol–water partition coefficient (Wildman–Crippen LogP) is 1.77. The predicted molar refractivity (Wildman–Crippen MR) is 66.9 cm³/mol. The fraction of sp³-hybridized carbons (Fsp3) is 1.00. The van der Waals surface area contributed by atoms with Crippen molar-refractivity contribution >= 4 is 10.0 Å². The third-order valence-electron chi connectivity index (χ3n) is 2.36. The molecule has 0 radical (unpaired) electrons. The van der Waals surface area contributed by atoms with Crippen LogP contribution in [-0.2, 0) is 14.8 Å². The van der Waals surface area contributed by atoms with Crippen LogP contribution in [-0.4, -0.2) is 33.9 Å². The number of rotatable bonds is 9. The van der Waals surface area contributed by atoms with Crippen LogP contribution in [0.15, 0.2) is 0 Å². The summed E-state index contributed by atoms with van der Waals surface area (Å²) in [7, 11) is -1.67. The summed E-state index contributed by atoms with van der Waals surface area (Å²) in [5.74, 6) is 0.718. The maximum atomic E-state index is 11.5. The van der Waals surface area contributed by atoms with E-state index in [1.54, 1.807) is 0 Å². The van der Waals surface area contributed by atoms with E-state index < -0.39 is 10.0 Å². The van der Waals surface area contributed by atoms with Crippen LogP contribution in [0.3, 0.4) is 0 Å². The van der Waals surface area contributed by atoms with Gasteiger partial charge in [-0.1, -0.05) is 26.7 Å². The highest BCUT2D eigenvalue weighted by molar-refractivity contribution is 7.89. The Labute approximate surface area is 99.8 Å². The lowest BCUT2D eigenvalue weighted by atomic mass is 10.0. The summed E-state index contributed by atoms with van der Waals surface area (Å²) >= 11 is 0. The zero-order valence-corrected chi connectivity index (χ0v) is 11.6. The SMILES string of the molecule is COCCS(=O)(=O)NC(C)CCCC(C)C. The van der Waals surface area contributed by atoms with Gasteiger partial charge in [-0.05, 0) is 19.3 Å². The molecule has 0 aromatic carbocycles. The van der Waals surface area contributed by atoms with E-state index in [4.69, 9.17) is 4.74 Å². The largest absolute Gasteiger partial charge is 0.384 e. The molecule has 0 heterocycles. The minimum absolute atomic E-state index is 0.0145. The molecule has 0 aromatic heterocycles. The highest BCUT2D eigenvalue weighted by Gasteiger charge is 2.13. The average Bonchev–Trinajstić information content (AvgIpc) is 2.13. The molecule has 1 unspecified atom stereocenters. The highest BCUT2D eigenvalue weighted by atomic mass is 32.2. The Kier molecular flexibility index (Phi) is 7.97. The molecule has 0 aliphatic rings. The molecule has 0 aromatic rings. The van der Waals surface area contributed by atoms with Crippen LogP contribution in [0.4, 0.5) is 0 Å². The summed E-state index contributed by atoms with van der Waals surface area (Å²) in [6.07, 6.45) is 3.10. The molecule has 16 heavy (non-hydrogen) atoms. The monoisotopic (exact) mass is 251 g/mol. The summed E-state index contributed by atoms with van der Waals surface area (Å²) in [4.78, 5) is 0. The fourth-order valence-corrected chi connectivity index (χ4v) is 2.68. The van der Waals surface area contributed by atoms with Crippen molar-refractivity contribution < 1.29 is 13.2 Å². The van der Waals surface area contributed by atoms with E-state index in [1.807, 2.05) is 6.92 Å². The van der Waals surface area contributed by atoms with E-state index in [-0.39, 0.29) is 18.4 Å². The summed E-state index contributed by atoms with van der Waals surface area (Å²) < 4.78 is 30.4. The van der Waals surface area contributed by atoms with Crippen molar-refractivity contribution in [3.63, 3.8) is 0 Å². The van der Waals surface area contributed by atoms with Gasteiger partial charge in [-0.25, -0.2) is 13.1 Å². The zero-order valence-electron chi connectivity index (χ0n) is 10.8. The molecule has 0 amide bonds. The van der Waals surface area contributed by atoms with Crippen LogP contribution >= 0.6 is 0 Å². The van der Waals surface area contributed by atoms with Gasteiger partial charge in [0.1, 0.15) is 0 Å². The minimum Gasteiger partial charge on any atom is -0.384 e. The molecular formula is C11H25NO3S. The second kappa shape index (κ2) is 8.03. The van der Waals surface area contributed by atoms with Gasteiger partial charge in [-0.3, -0.25) is 0 Å². The molecule has 98 valence electrons. The van der Waals surface area contributed by atoms with Crippen LogP contribution in [0.2, 0.25) is 0 Å². The van der Waals surface area contributed by atoms with Gasteiger partial charge in [0.15, 0.2) is 0 Å². The number of nitrogens with one attached hydrogen (secondary N) is 1. The van der Waals surface area contributed by atoms with Crippen LogP contribution in [0.5, 0.6) is 0 Å². The van der Waals surface area contributed by atoms with E-state index in [0.717, 1.165) is 19.3 Å². The second-order valence-electron chi connectivity index (χ2n) is 4.66. The van der Waals surface area contributed by atoms with Crippen LogP contribution in [0.1, 0.15) is 40.0 Å². The third kappa shape index (κ3) is 9.12. The number of sulfonamides is 1. The van der Waals surface area contributed by atoms with Crippen molar-refractivity contribution in [2.24, 2.45) is 5.92 Å². The van der Waals surface area contributed by atoms with Crippen molar-refractivity contribution in [3.8, 4) is 0 Å². The molecule has 0 aliphatic heterocycles. The van der Waals surface area contributed by atoms with Gasteiger partial charge in [0.25, 0.3) is 0 Å². The molecule has 1 N–H and O–H groups in total. The van der Waals surface area contributed by atoms with Gasteiger partial charge in [-0.15, -0.1) is 0 Å². The second-order valence-corrected chi connectivity index (χ2v) is 6.53. The summed E-state index contributed by atoms with van der Waals surface area (Å²) in [5, 5.41) is 0. The van der Waals surface area contributed by atoms with Gasteiger partial charge >= 0.3 is 0 Å². The van der Waals surface area contributed by atoms with E-state index in [9.17, 15) is 8.42 Å². The number of hydrogen-bond donors (Lipinski definition) is 1. The van der Waals surface area contributed by atoms with Gasteiger partial charge in [0.05, 0.1) is 12.4 Å². The lowest BCUT2D eigenvalue weighted by Gasteiger charge is -2.14. The first-order valence-corrected chi connectivity index (χ1v) is 7.51. The van der Waals surface area contributed by atoms with Crippen LogP contribution in [0.25, 0.3) is 0 Å². The Morgan fingerprint density at radius 2 is 1.81 bits per heavy atom. The van der Waals surface area contributed by atoms with Crippen molar-refractivity contribution in [2.45, 2.75) is 46.1 Å². The van der Waals surface area contributed by atoms with Gasteiger partial charge in [-0.2, -0.15) is 0 Å². The molecule has 4 nitrogen and oxygen atoms in total. The zero-order chi connectivity index (χ0) is 12.6. The molecule has 0 saturated carbocycles. The fourth-order valence-electron chi connectivity index (χ4n) is 1.45. The van der Waals surface area contributed by atoms with E-state index in [1.165, 1.54) is 7.11 Å². The summed E-state index contributed by atoms with van der Waals surface area (Å²) in [5.41, 5.74) is 0. The lowest BCUT2D eigenvalue weighted by Crippen LogP contribution is -2.35. The normalized spacial score (nSPS) is 14.3. The van der Waals surface area contributed by atoms with Crippen LogP contribution in [0, 0.1) is 5.92 Å². The first kappa shape index (κ1) is 15.9. The maximum absolute atomic E-state index is 11.5. The smallest absolute Gasteiger partial charge is 0.214 e. The minimum atomic E-state index is -3.17. The average molecular weight is 251 g/mol. The Bertz CT molecular complexity index is 262.